The molecule has 0 aromatic heterocycles. The second kappa shape index (κ2) is 18.0. The van der Waals surface area contributed by atoms with Crippen molar-refractivity contribution in [3.63, 3.8) is 0 Å². The summed E-state index contributed by atoms with van der Waals surface area (Å²) in [7, 11) is 23.3. The van der Waals surface area contributed by atoms with E-state index in [9.17, 15) is 0 Å². The molecule has 0 atom stereocenters. The van der Waals surface area contributed by atoms with Crippen molar-refractivity contribution in [2.24, 2.45) is 0 Å². The van der Waals surface area contributed by atoms with Crippen LogP contribution in [-0.4, -0.2) is 85.2 Å². The molecule has 2 aliphatic heterocycles. The van der Waals surface area contributed by atoms with Gasteiger partial charge >= 0.3 is 0 Å². The Morgan fingerprint density at radius 2 is 0.857 bits per heavy atom. The van der Waals surface area contributed by atoms with E-state index in [1.165, 1.54) is 161 Å². The molecule has 0 saturated carbocycles. The van der Waals surface area contributed by atoms with Crippen LogP contribution in [0.4, 0.5) is 51.2 Å². The van der Waals surface area contributed by atoms with Gasteiger partial charge in [-0.2, -0.15) is 0 Å². The van der Waals surface area contributed by atoms with Crippen molar-refractivity contribution in [3.8, 4) is 11.1 Å². The summed E-state index contributed by atoms with van der Waals surface area (Å²) in [6.45, 7) is 25.9. The van der Waals surface area contributed by atoms with E-state index in [0.717, 1.165) is 0 Å². The van der Waals surface area contributed by atoms with E-state index in [4.69, 9.17) is 0 Å². The molecule has 11 rings (SSSR count). The van der Waals surface area contributed by atoms with Gasteiger partial charge in [0, 0.05) is 56.6 Å². The smallest absolute Gasteiger partial charge is 0.252 e. The van der Waals surface area contributed by atoms with Gasteiger partial charge in [0.25, 0.3) is 6.71 Å². The summed E-state index contributed by atoms with van der Waals surface area (Å²) in [5, 5.41) is 0. The molecule has 8 aromatic rings. The average Bonchev–Trinajstić information content (AvgIpc) is 3.62. The van der Waals surface area contributed by atoms with Gasteiger partial charge in [0.15, 0.2) is 0 Å². The van der Waals surface area contributed by atoms with Crippen molar-refractivity contribution in [2.75, 3.05) is 14.7 Å². The highest BCUT2D eigenvalue weighted by Crippen LogP contribution is 2.53. The van der Waals surface area contributed by atoms with Gasteiger partial charge in [-0.1, -0.05) is 181 Å². The van der Waals surface area contributed by atoms with Crippen LogP contribution in [-0.2, 0) is 21.7 Å². The highest BCUT2D eigenvalue weighted by molar-refractivity contribution is 7.00. The Bertz CT molecular complexity index is 3700. The molecule has 14 heteroatoms. The Labute approximate surface area is 471 Å². The molecule has 0 bridgehead atoms. The molecule has 0 unspecified atom stereocenters. The lowest BCUT2D eigenvalue weighted by molar-refractivity contribution is 0.589. The summed E-state index contributed by atoms with van der Waals surface area (Å²) >= 11 is 0. The number of anilines is 9. The maximum absolute atomic E-state index is 2.68. The lowest BCUT2D eigenvalue weighted by Gasteiger charge is -2.46. The maximum atomic E-state index is 2.68. The second-order valence-corrected chi connectivity index (χ2v) is 27.0. The standard InChI is InChI=1S/C63H72B11N3/c1-60(2,3)31-16-19-34(20-17-31)75-43-25-18-32(61(4,5)6)26-42(43)74-41-24-22-36(77(58-53(70)49(66)47(64)50(67)54(58)71)59-55(72)51(68)48(65)52(69)56(59)73)30-44(41)76(46-28-33(62(7,8)9)27-45(75)57(46)74)35-21-23-38-37-14-12-13-15-39(37)63(10,11)40(38)29-35/h12-30H,64-73H2,1-11H3. The molecule has 3 aliphatic rings. The molecule has 372 valence electrons. The van der Waals surface area contributed by atoms with Crippen LogP contribution < -0.4 is 85.7 Å². The van der Waals surface area contributed by atoms with Crippen molar-refractivity contribution in [3.05, 3.63) is 143 Å². The first kappa shape index (κ1) is 52.9. The topological polar surface area (TPSA) is 9.72 Å². The van der Waals surface area contributed by atoms with Crippen LogP contribution in [0.25, 0.3) is 11.1 Å². The Hall–Kier alpha value is -6.13. The van der Waals surface area contributed by atoms with Crippen molar-refractivity contribution in [1.29, 1.82) is 0 Å². The average molecular weight is 990 g/mol. The zero-order valence-electron chi connectivity index (χ0n) is 50.4. The first-order chi connectivity index (χ1) is 36.0. The lowest BCUT2D eigenvalue weighted by atomic mass is 9.33. The van der Waals surface area contributed by atoms with Gasteiger partial charge < -0.3 is 14.7 Å². The van der Waals surface area contributed by atoms with Gasteiger partial charge in [-0.05, 0) is 126 Å². The van der Waals surface area contributed by atoms with E-state index in [1.807, 2.05) is 0 Å². The van der Waals surface area contributed by atoms with Crippen LogP contribution in [0.3, 0.4) is 0 Å². The third kappa shape index (κ3) is 8.06. The van der Waals surface area contributed by atoms with E-state index in [2.05, 4.69) is 285 Å². The fraction of sp³-hybridized carbons (Fsp3) is 0.238. The Kier molecular flexibility index (Phi) is 12.3. The molecule has 3 nitrogen and oxygen atoms in total. The minimum atomic E-state index is -0.181. The van der Waals surface area contributed by atoms with E-state index >= 15 is 0 Å². The van der Waals surface area contributed by atoms with Crippen LogP contribution >= 0.6 is 0 Å². The van der Waals surface area contributed by atoms with Crippen LogP contribution in [0.2, 0.25) is 0 Å². The van der Waals surface area contributed by atoms with E-state index in [0.29, 0.717) is 0 Å². The zero-order valence-corrected chi connectivity index (χ0v) is 50.4. The van der Waals surface area contributed by atoms with Crippen molar-refractivity contribution < 1.29 is 0 Å². The second-order valence-electron chi connectivity index (χ2n) is 27.0. The molecular formula is C63H72B11N3. The monoisotopic (exact) mass is 992 g/mol. The molecule has 1 aliphatic carbocycles. The Morgan fingerprint density at radius 3 is 1.39 bits per heavy atom. The molecule has 0 amide bonds. The summed E-state index contributed by atoms with van der Waals surface area (Å²) in [4.78, 5) is 7.94. The number of hydrogen-bond acceptors (Lipinski definition) is 3. The van der Waals surface area contributed by atoms with Gasteiger partial charge in [-0.3, -0.25) is 0 Å². The molecule has 2 heterocycles. The van der Waals surface area contributed by atoms with Crippen LogP contribution in [0, 0.1) is 0 Å². The minimum Gasteiger partial charge on any atom is -0.313 e. The van der Waals surface area contributed by atoms with Gasteiger partial charge in [0.2, 0.25) is 0 Å². The van der Waals surface area contributed by atoms with E-state index in [-0.39, 0.29) is 28.4 Å². The van der Waals surface area contributed by atoms with Crippen molar-refractivity contribution in [1.82, 2.24) is 0 Å². The summed E-state index contributed by atoms with van der Waals surface area (Å²) in [5.41, 5.74) is 37.6. The molecule has 77 heavy (non-hydrogen) atoms. The summed E-state index contributed by atoms with van der Waals surface area (Å²) in [6, 6.07) is 45.9. The maximum Gasteiger partial charge on any atom is 0.252 e. The molecule has 8 aromatic carbocycles. The number of hydrogen-bond donors (Lipinski definition) is 0. The molecule has 0 radical (unpaired) electrons. The minimum absolute atomic E-state index is 0.0316. The fourth-order valence-electron chi connectivity index (χ4n) is 13.5. The molecular weight excluding hydrogens is 918 g/mol. The van der Waals surface area contributed by atoms with Gasteiger partial charge in [0.1, 0.15) is 78.5 Å². The van der Waals surface area contributed by atoms with Crippen LogP contribution in [0.1, 0.15) is 104 Å². The highest BCUT2D eigenvalue weighted by atomic mass is 15.2. The summed E-state index contributed by atoms with van der Waals surface area (Å²) in [6.07, 6.45) is 0. The number of benzene rings is 8. The molecule has 0 spiro atoms. The van der Waals surface area contributed by atoms with Gasteiger partial charge in [-0.25, -0.2) is 0 Å². The van der Waals surface area contributed by atoms with Crippen LogP contribution in [0.15, 0.2) is 115 Å². The molecule has 0 saturated heterocycles. The quantitative estimate of drug-likeness (QED) is 0.186. The highest BCUT2D eigenvalue weighted by Gasteiger charge is 2.46. The lowest BCUT2D eigenvalue weighted by Crippen LogP contribution is -2.61. The first-order valence-corrected chi connectivity index (χ1v) is 28.4. The fourth-order valence-corrected chi connectivity index (χ4v) is 13.5. The zero-order chi connectivity index (χ0) is 55.5. The van der Waals surface area contributed by atoms with Gasteiger partial charge in [-0.15, -0.1) is 10.9 Å². The number of fused-ring (bicyclic) bond motifs is 7. The molecule has 0 fully saturated rings. The predicted molar refractivity (Wildman–Crippen MR) is 371 cm³/mol. The first-order valence-electron chi connectivity index (χ1n) is 28.4. The SMILES string of the molecule is Bc1c(B)c(B)c(N(c2ccc3c(c2)N(c2ccc4c(c2)C(C)(C)c2ccccc2-4)c2cc(C(C)(C)C)cc4c2B3c2cc(C(C)(C)C)ccc2N4c2ccc(C(C)(C)C)cc2)c2c(B)c(B)c(B)c(B)c2B)c(B)c1B. The predicted octanol–water partition coefficient (Wildman–Crippen LogP) is -1.98. The number of nitrogens with zero attached hydrogens (tertiary/aromatic N) is 3. The van der Waals surface area contributed by atoms with E-state index < -0.39 is 0 Å². The van der Waals surface area contributed by atoms with Crippen LogP contribution in [0.5, 0.6) is 0 Å². The van der Waals surface area contributed by atoms with Crippen molar-refractivity contribution >= 4 is 207 Å². The third-order valence-electron chi connectivity index (χ3n) is 19.2. The Morgan fingerprint density at radius 1 is 0.390 bits per heavy atom. The third-order valence-corrected chi connectivity index (χ3v) is 19.2. The number of rotatable bonds is 5. The van der Waals surface area contributed by atoms with E-state index in [1.54, 1.807) is 0 Å². The summed E-state index contributed by atoms with van der Waals surface area (Å²) in [5.74, 6) is 0. The van der Waals surface area contributed by atoms with Gasteiger partial charge in [0.05, 0.1) is 0 Å². The van der Waals surface area contributed by atoms with Crippen molar-refractivity contribution in [2.45, 2.75) is 97.8 Å². The molecule has 0 N–H and O–H groups in total. The Balaban J connectivity index is 1.29. The largest absolute Gasteiger partial charge is 0.313 e. The summed E-state index contributed by atoms with van der Waals surface area (Å²) < 4.78 is 0. The normalized spacial score (nSPS) is 14.2.